The van der Waals surface area contributed by atoms with E-state index in [1.54, 1.807) is 19.9 Å². The number of nitrogens with one attached hydrogen (secondary N) is 2. The van der Waals surface area contributed by atoms with Crippen molar-refractivity contribution in [3.05, 3.63) is 58.9 Å². The van der Waals surface area contributed by atoms with Crippen molar-refractivity contribution in [1.82, 2.24) is 19.6 Å². The summed E-state index contributed by atoms with van der Waals surface area (Å²) in [7, 11) is -2.28. The minimum absolute atomic E-state index is 0.122. The van der Waals surface area contributed by atoms with Crippen LogP contribution in [0, 0.1) is 20.8 Å². The third kappa shape index (κ3) is 3.79. The molecule has 0 aliphatic carbocycles. The molecule has 8 heteroatoms. The number of hydrogen-bond donors (Lipinski definition) is 2. The van der Waals surface area contributed by atoms with Crippen molar-refractivity contribution >= 4 is 27.0 Å². The first-order valence-electron chi connectivity index (χ1n) is 8.99. The number of fused-ring (bicyclic) bond motifs is 1. The molecule has 2 N–H and O–H groups in total. The highest BCUT2D eigenvalue weighted by molar-refractivity contribution is 7.89. The molecular formula is C20H24N4O3S. The van der Waals surface area contributed by atoms with Crippen LogP contribution in [0.25, 0.3) is 11.0 Å². The number of rotatable bonds is 6. The summed E-state index contributed by atoms with van der Waals surface area (Å²) >= 11 is 0. The molecule has 0 radical (unpaired) electrons. The molecule has 3 rings (SSSR count). The lowest BCUT2D eigenvalue weighted by Gasteiger charge is -2.13. The first kappa shape index (κ1) is 20.0. The molecule has 1 heterocycles. The first-order valence-corrected chi connectivity index (χ1v) is 10.5. The zero-order valence-corrected chi connectivity index (χ0v) is 17.2. The topological polar surface area (TPSA) is 93.1 Å². The molecule has 0 aliphatic heterocycles. The molecule has 2 aromatic carbocycles. The molecule has 28 heavy (non-hydrogen) atoms. The average molecular weight is 401 g/mol. The maximum Gasteiger partial charge on any atom is 0.251 e. The SMILES string of the molecule is CNS(=O)(=O)c1cc(C(=O)NCCn2c(C)nc3ccccc32)cc(C)c1C. The molecule has 0 atom stereocenters. The highest BCUT2D eigenvalue weighted by atomic mass is 32.2. The van der Waals surface area contributed by atoms with E-state index in [1.807, 2.05) is 35.8 Å². The van der Waals surface area contributed by atoms with Gasteiger partial charge in [0.25, 0.3) is 5.91 Å². The van der Waals surface area contributed by atoms with Crippen LogP contribution < -0.4 is 10.0 Å². The van der Waals surface area contributed by atoms with Crippen molar-refractivity contribution < 1.29 is 13.2 Å². The van der Waals surface area contributed by atoms with Crippen molar-refractivity contribution in [2.24, 2.45) is 0 Å². The number of amides is 1. The van der Waals surface area contributed by atoms with Crippen molar-refractivity contribution in [2.75, 3.05) is 13.6 Å². The van der Waals surface area contributed by atoms with E-state index >= 15 is 0 Å². The summed E-state index contributed by atoms with van der Waals surface area (Å²) < 4.78 is 28.8. The maximum absolute atomic E-state index is 12.6. The lowest BCUT2D eigenvalue weighted by Crippen LogP contribution is -2.28. The van der Waals surface area contributed by atoms with Gasteiger partial charge in [-0.1, -0.05) is 12.1 Å². The highest BCUT2D eigenvalue weighted by Gasteiger charge is 2.19. The second kappa shape index (κ2) is 7.73. The molecule has 0 bridgehead atoms. The van der Waals surface area contributed by atoms with Crippen LogP contribution in [0.1, 0.15) is 27.3 Å². The Kier molecular flexibility index (Phi) is 5.53. The molecule has 0 fully saturated rings. The first-order chi connectivity index (χ1) is 13.2. The second-order valence-electron chi connectivity index (χ2n) is 6.68. The number of aryl methyl sites for hydroxylation is 2. The van der Waals surface area contributed by atoms with Crippen LogP contribution in [0.3, 0.4) is 0 Å². The number of carbonyl (C=O) groups is 1. The normalized spacial score (nSPS) is 11.7. The Morgan fingerprint density at radius 1 is 1.14 bits per heavy atom. The van der Waals surface area contributed by atoms with Gasteiger partial charge in [0.1, 0.15) is 5.82 Å². The van der Waals surface area contributed by atoms with Gasteiger partial charge in [-0.25, -0.2) is 18.1 Å². The minimum atomic E-state index is -3.64. The van der Waals surface area contributed by atoms with Crippen LogP contribution in [-0.4, -0.2) is 37.5 Å². The van der Waals surface area contributed by atoms with E-state index in [0.29, 0.717) is 24.2 Å². The van der Waals surface area contributed by atoms with E-state index in [9.17, 15) is 13.2 Å². The van der Waals surface area contributed by atoms with Crippen LogP contribution in [0.2, 0.25) is 0 Å². The minimum Gasteiger partial charge on any atom is -0.350 e. The molecule has 0 unspecified atom stereocenters. The number of carbonyl (C=O) groups excluding carboxylic acids is 1. The Morgan fingerprint density at radius 2 is 1.86 bits per heavy atom. The fraction of sp³-hybridized carbons (Fsp3) is 0.300. The quantitative estimate of drug-likeness (QED) is 0.664. The molecule has 0 saturated carbocycles. The van der Waals surface area contributed by atoms with Crippen LogP contribution in [-0.2, 0) is 16.6 Å². The van der Waals surface area contributed by atoms with Gasteiger partial charge in [0.2, 0.25) is 10.0 Å². The Balaban J connectivity index is 1.77. The number of imidazole rings is 1. The molecule has 0 aliphatic rings. The van der Waals surface area contributed by atoms with Gasteiger partial charge in [-0.2, -0.15) is 0 Å². The van der Waals surface area contributed by atoms with E-state index in [2.05, 4.69) is 15.0 Å². The summed E-state index contributed by atoms with van der Waals surface area (Å²) in [5.41, 5.74) is 3.64. The number of sulfonamides is 1. The molecule has 1 aromatic heterocycles. The molecule has 1 amide bonds. The number of para-hydroxylation sites is 2. The molecule has 3 aromatic rings. The summed E-state index contributed by atoms with van der Waals surface area (Å²) in [6, 6.07) is 11.0. The van der Waals surface area contributed by atoms with Gasteiger partial charge in [-0.15, -0.1) is 0 Å². The van der Waals surface area contributed by atoms with Gasteiger partial charge >= 0.3 is 0 Å². The predicted molar refractivity (Wildman–Crippen MR) is 109 cm³/mol. The zero-order chi connectivity index (χ0) is 20.5. The van der Waals surface area contributed by atoms with Crippen LogP contribution in [0.15, 0.2) is 41.3 Å². The number of hydrogen-bond acceptors (Lipinski definition) is 4. The fourth-order valence-corrected chi connectivity index (χ4v) is 4.27. The third-order valence-electron chi connectivity index (χ3n) is 4.91. The van der Waals surface area contributed by atoms with Crippen molar-refractivity contribution in [2.45, 2.75) is 32.2 Å². The molecule has 0 saturated heterocycles. The number of nitrogens with zero attached hydrogens (tertiary/aromatic N) is 2. The van der Waals surface area contributed by atoms with Crippen molar-refractivity contribution in [3.8, 4) is 0 Å². The summed E-state index contributed by atoms with van der Waals surface area (Å²) in [5.74, 6) is 0.571. The summed E-state index contributed by atoms with van der Waals surface area (Å²) in [6.07, 6.45) is 0. The van der Waals surface area contributed by atoms with E-state index in [-0.39, 0.29) is 10.8 Å². The molecular weight excluding hydrogens is 376 g/mol. The van der Waals surface area contributed by atoms with Crippen LogP contribution >= 0.6 is 0 Å². The summed E-state index contributed by atoms with van der Waals surface area (Å²) in [6.45, 7) is 6.43. The van der Waals surface area contributed by atoms with E-state index in [4.69, 9.17) is 0 Å². The molecule has 148 valence electrons. The van der Waals surface area contributed by atoms with Crippen molar-refractivity contribution in [1.29, 1.82) is 0 Å². The Morgan fingerprint density at radius 3 is 2.57 bits per heavy atom. The van der Waals surface area contributed by atoms with E-state index in [1.165, 1.54) is 13.1 Å². The predicted octanol–water partition coefficient (Wildman–Crippen LogP) is 2.30. The molecule has 0 spiro atoms. The summed E-state index contributed by atoms with van der Waals surface area (Å²) in [5, 5.41) is 2.87. The van der Waals surface area contributed by atoms with Gasteiger partial charge in [-0.05, 0) is 63.2 Å². The average Bonchev–Trinajstić information content (AvgIpc) is 2.99. The second-order valence-corrected chi connectivity index (χ2v) is 8.53. The number of benzene rings is 2. The Bertz CT molecular complexity index is 1150. The van der Waals surface area contributed by atoms with E-state index in [0.717, 1.165) is 22.4 Å². The van der Waals surface area contributed by atoms with Gasteiger partial charge in [0, 0.05) is 18.7 Å². The third-order valence-corrected chi connectivity index (χ3v) is 6.45. The van der Waals surface area contributed by atoms with Gasteiger partial charge < -0.3 is 9.88 Å². The molecule has 7 nitrogen and oxygen atoms in total. The fourth-order valence-electron chi connectivity index (χ4n) is 3.21. The smallest absolute Gasteiger partial charge is 0.251 e. The van der Waals surface area contributed by atoms with E-state index < -0.39 is 10.0 Å². The largest absolute Gasteiger partial charge is 0.350 e. The van der Waals surface area contributed by atoms with Gasteiger partial charge in [-0.3, -0.25) is 4.79 Å². The number of aromatic nitrogens is 2. The highest BCUT2D eigenvalue weighted by Crippen LogP contribution is 2.21. The summed E-state index contributed by atoms with van der Waals surface area (Å²) in [4.78, 5) is 17.2. The maximum atomic E-state index is 12.6. The lowest BCUT2D eigenvalue weighted by atomic mass is 10.1. The monoisotopic (exact) mass is 400 g/mol. The Labute approximate surface area is 164 Å². The van der Waals surface area contributed by atoms with Crippen LogP contribution in [0.5, 0.6) is 0 Å². The van der Waals surface area contributed by atoms with Crippen molar-refractivity contribution in [3.63, 3.8) is 0 Å². The Hall–Kier alpha value is -2.71. The standard InChI is InChI=1S/C20H24N4O3S/c1-13-11-16(12-19(14(13)2)28(26,27)21-4)20(25)22-9-10-24-15(3)23-17-7-5-6-8-18(17)24/h5-8,11-12,21H,9-10H2,1-4H3,(H,22,25). The van der Waals surface area contributed by atoms with Gasteiger partial charge in [0.15, 0.2) is 0 Å². The van der Waals surface area contributed by atoms with Crippen LogP contribution in [0.4, 0.5) is 0 Å². The zero-order valence-electron chi connectivity index (χ0n) is 16.4. The van der Waals surface area contributed by atoms with Gasteiger partial charge in [0.05, 0.1) is 15.9 Å². The lowest BCUT2D eigenvalue weighted by molar-refractivity contribution is 0.0952.